The Morgan fingerprint density at radius 2 is 1.77 bits per heavy atom. The number of H-pyrrole nitrogens is 1. The number of carbonyl (C=O) groups is 3. The number of halogens is 2. The van der Waals surface area contributed by atoms with E-state index in [-0.39, 0.29) is 47.8 Å². The van der Waals surface area contributed by atoms with E-state index < -0.39 is 17.6 Å². The fourth-order valence-electron chi connectivity index (χ4n) is 6.27. The number of amides is 3. The van der Waals surface area contributed by atoms with Gasteiger partial charge >= 0.3 is 0 Å². The van der Waals surface area contributed by atoms with Crippen LogP contribution in [0.15, 0.2) is 30.3 Å². The van der Waals surface area contributed by atoms with Gasteiger partial charge in [0.2, 0.25) is 5.91 Å². The fourth-order valence-corrected chi connectivity index (χ4v) is 6.27. The maximum atomic E-state index is 14.2. The van der Waals surface area contributed by atoms with Gasteiger partial charge in [0.15, 0.2) is 0 Å². The Balaban J connectivity index is 1.24. The van der Waals surface area contributed by atoms with Crippen molar-refractivity contribution in [1.82, 2.24) is 30.4 Å². The zero-order valence-corrected chi connectivity index (χ0v) is 22.5. The molecule has 1 aromatic heterocycles. The predicted octanol–water partition coefficient (Wildman–Crippen LogP) is 2.72. The second-order valence-corrected chi connectivity index (χ2v) is 11.2. The highest BCUT2D eigenvalue weighted by Gasteiger charge is 2.42. The van der Waals surface area contributed by atoms with Gasteiger partial charge in [-0.15, -0.1) is 0 Å². The standard InChI is InChI=1S/C29H32F2N6O3/c1-15(11-16-12-17(30)3-4-21(16)31)33-22-5-8-32-27(38)25(22)26-34-23-13-19-20(14-24(23)35-26)29(40)37(28(19)39)18-6-9-36(2)10-7-18/h3-4,12-15,18,22,25,33H,5-11H2,1-2H3,(H,32,38)(H,34,35). The number of carbonyl (C=O) groups excluding carboxylic acids is 3. The molecular formula is C29H32F2N6O3. The first-order chi connectivity index (χ1) is 19.2. The SMILES string of the molecule is CC(Cc1cc(F)ccc1F)NC1CCNC(=O)C1c1nc2cc3c(cc2[nH]1)C(=O)N(C1CCN(C)CC1)C3=O. The maximum Gasteiger partial charge on any atom is 0.261 e. The Morgan fingerprint density at radius 1 is 1.05 bits per heavy atom. The smallest absolute Gasteiger partial charge is 0.261 e. The topological polar surface area (TPSA) is 110 Å². The summed E-state index contributed by atoms with van der Waals surface area (Å²) in [6, 6.07) is 6.01. The first kappa shape index (κ1) is 26.5. The summed E-state index contributed by atoms with van der Waals surface area (Å²) >= 11 is 0. The molecule has 3 amide bonds. The lowest BCUT2D eigenvalue weighted by Gasteiger charge is -2.33. The van der Waals surface area contributed by atoms with Crippen molar-refractivity contribution < 1.29 is 23.2 Å². The quantitative estimate of drug-likeness (QED) is 0.407. The van der Waals surface area contributed by atoms with Gasteiger partial charge in [0, 0.05) is 24.7 Å². The summed E-state index contributed by atoms with van der Waals surface area (Å²) in [4.78, 5) is 51.1. The molecule has 0 radical (unpaired) electrons. The third kappa shape index (κ3) is 4.77. The minimum absolute atomic E-state index is 0.119. The summed E-state index contributed by atoms with van der Waals surface area (Å²) in [5.74, 6) is -2.02. The third-order valence-corrected chi connectivity index (χ3v) is 8.36. The average molecular weight is 551 g/mol. The first-order valence-corrected chi connectivity index (χ1v) is 13.8. The van der Waals surface area contributed by atoms with Crippen molar-refractivity contribution in [1.29, 1.82) is 0 Å². The normalized spacial score (nSPS) is 23.1. The molecule has 9 nitrogen and oxygen atoms in total. The third-order valence-electron chi connectivity index (χ3n) is 8.36. The number of imidazole rings is 1. The van der Waals surface area contributed by atoms with E-state index in [1.807, 2.05) is 14.0 Å². The lowest BCUT2D eigenvalue weighted by molar-refractivity contribution is -0.124. The van der Waals surface area contributed by atoms with Gasteiger partial charge in [-0.1, -0.05) is 0 Å². The van der Waals surface area contributed by atoms with Crippen molar-refractivity contribution in [3.8, 4) is 0 Å². The van der Waals surface area contributed by atoms with Crippen LogP contribution in [-0.4, -0.2) is 82.3 Å². The fraction of sp³-hybridized carbons (Fsp3) is 0.448. The number of aromatic nitrogens is 2. The molecule has 40 heavy (non-hydrogen) atoms. The summed E-state index contributed by atoms with van der Waals surface area (Å²) < 4.78 is 27.9. The molecule has 0 spiro atoms. The molecule has 2 fully saturated rings. The van der Waals surface area contributed by atoms with Crippen LogP contribution in [0.3, 0.4) is 0 Å². The molecule has 2 saturated heterocycles. The van der Waals surface area contributed by atoms with Gasteiger partial charge in [0.1, 0.15) is 23.4 Å². The van der Waals surface area contributed by atoms with Crippen molar-refractivity contribution in [3.05, 3.63) is 64.5 Å². The molecule has 6 rings (SSSR count). The van der Waals surface area contributed by atoms with E-state index in [2.05, 4.69) is 25.5 Å². The summed E-state index contributed by atoms with van der Waals surface area (Å²) in [6.07, 6.45) is 2.36. The van der Waals surface area contributed by atoms with Crippen LogP contribution in [0.4, 0.5) is 8.78 Å². The Hall–Kier alpha value is -3.70. The molecule has 4 heterocycles. The number of nitrogens with zero attached hydrogens (tertiary/aromatic N) is 3. The summed E-state index contributed by atoms with van der Waals surface area (Å²) in [5.41, 5.74) is 2.03. The number of hydrogen-bond donors (Lipinski definition) is 3. The van der Waals surface area contributed by atoms with Crippen LogP contribution in [0, 0.1) is 11.6 Å². The molecule has 210 valence electrons. The van der Waals surface area contributed by atoms with Crippen molar-refractivity contribution in [2.45, 2.75) is 56.7 Å². The highest BCUT2D eigenvalue weighted by atomic mass is 19.1. The molecule has 3 N–H and O–H groups in total. The lowest BCUT2D eigenvalue weighted by Crippen LogP contribution is -2.52. The van der Waals surface area contributed by atoms with E-state index in [1.54, 1.807) is 12.1 Å². The van der Waals surface area contributed by atoms with E-state index >= 15 is 0 Å². The molecule has 3 atom stereocenters. The van der Waals surface area contributed by atoms with Gasteiger partial charge in [-0.2, -0.15) is 0 Å². The molecule has 0 aliphatic carbocycles. The Labute approximate surface area is 230 Å². The zero-order valence-electron chi connectivity index (χ0n) is 22.5. The Kier molecular flexibility index (Phi) is 6.87. The van der Waals surface area contributed by atoms with Gasteiger partial charge in [0.25, 0.3) is 11.8 Å². The molecule has 11 heteroatoms. The Morgan fingerprint density at radius 3 is 2.52 bits per heavy atom. The van der Waals surface area contributed by atoms with E-state index in [1.165, 1.54) is 11.0 Å². The second-order valence-electron chi connectivity index (χ2n) is 11.2. The van der Waals surface area contributed by atoms with Crippen molar-refractivity contribution in [2.24, 2.45) is 0 Å². The van der Waals surface area contributed by atoms with Crippen LogP contribution in [0.2, 0.25) is 0 Å². The highest BCUT2D eigenvalue weighted by molar-refractivity contribution is 6.23. The van der Waals surface area contributed by atoms with Gasteiger partial charge in [-0.05, 0) is 88.6 Å². The number of nitrogens with one attached hydrogen (secondary N) is 3. The molecule has 3 unspecified atom stereocenters. The molecule has 0 bridgehead atoms. The predicted molar refractivity (Wildman–Crippen MR) is 144 cm³/mol. The van der Waals surface area contributed by atoms with Gasteiger partial charge < -0.3 is 20.5 Å². The number of piperidine rings is 2. The average Bonchev–Trinajstić information content (AvgIpc) is 3.43. The van der Waals surface area contributed by atoms with E-state index in [9.17, 15) is 23.2 Å². The number of benzene rings is 2. The van der Waals surface area contributed by atoms with Crippen molar-refractivity contribution >= 4 is 28.8 Å². The van der Waals surface area contributed by atoms with E-state index in [0.29, 0.717) is 41.0 Å². The maximum absolute atomic E-state index is 14.2. The highest BCUT2D eigenvalue weighted by Crippen LogP contribution is 2.33. The monoisotopic (exact) mass is 550 g/mol. The second kappa shape index (κ2) is 10.4. The summed E-state index contributed by atoms with van der Waals surface area (Å²) in [6.45, 7) is 4.00. The lowest BCUT2D eigenvalue weighted by atomic mass is 9.90. The van der Waals surface area contributed by atoms with E-state index in [0.717, 1.165) is 38.1 Å². The first-order valence-electron chi connectivity index (χ1n) is 13.8. The molecule has 2 aromatic carbocycles. The van der Waals surface area contributed by atoms with Crippen LogP contribution in [0.1, 0.15) is 64.2 Å². The number of hydrogen-bond acceptors (Lipinski definition) is 6. The number of aromatic amines is 1. The van der Waals surface area contributed by atoms with Crippen LogP contribution >= 0.6 is 0 Å². The minimum atomic E-state index is -0.669. The van der Waals surface area contributed by atoms with Gasteiger partial charge in [-0.3, -0.25) is 19.3 Å². The van der Waals surface area contributed by atoms with Crippen LogP contribution in [0.5, 0.6) is 0 Å². The number of fused-ring (bicyclic) bond motifs is 2. The molecule has 3 aliphatic rings. The molecule has 0 saturated carbocycles. The van der Waals surface area contributed by atoms with Crippen LogP contribution < -0.4 is 10.6 Å². The number of likely N-dealkylation sites (tertiary alicyclic amines) is 1. The van der Waals surface area contributed by atoms with E-state index in [4.69, 9.17) is 0 Å². The van der Waals surface area contributed by atoms with Crippen molar-refractivity contribution in [2.75, 3.05) is 26.7 Å². The van der Waals surface area contributed by atoms with Crippen LogP contribution in [-0.2, 0) is 11.2 Å². The number of rotatable bonds is 6. The molecule has 3 aliphatic heterocycles. The Bertz CT molecular complexity index is 1450. The zero-order chi connectivity index (χ0) is 28.1. The number of imide groups is 1. The molecule has 3 aromatic rings. The van der Waals surface area contributed by atoms with Crippen molar-refractivity contribution in [3.63, 3.8) is 0 Å². The minimum Gasteiger partial charge on any atom is -0.355 e. The van der Waals surface area contributed by atoms with Crippen LogP contribution in [0.25, 0.3) is 11.0 Å². The summed E-state index contributed by atoms with van der Waals surface area (Å²) in [5, 5.41) is 6.30. The van der Waals surface area contributed by atoms with Gasteiger partial charge in [0.05, 0.1) is 22.2 Å². The van der Waals surface area contributed by atoms with Gasteiger partial charge in [-0.25, -0.2) is 13.8 Å². The summed E-state index contributed by atoms with van der Waals surface area (Å²) in [7, 11) is 2.03. The largest absolute Gasteiger partial charge is 0.355 e. The molecular weight excluding hydrogens is 518 g/mol.